The molecule has 0 saturated heterocycles. The number of benzene rings is 2. The van der Waals surface area contributed by atoms with Crippen LogP contribution in [-0.4, -0.2) is 20.7 Å². The highest BCUT2D eigenvalue weighted by Crippen LogP contribution is 2.32. The Kier molecular flexibility index (Phi) is 3.39. The molecule has 1 aromatic heterocycles. The molecule has 0 unspecified atom stereocenters. The van der Waals surface area contributed by atoms with Crippen molar-refractivity contribution >= 4 is 22.6 Å². The van der Waals surface area contributed by atoms with Gasteiger partial charge in [-0.2, -0.15) is 0 Å². The molecule has 0 radical (unpaired) electrons. The Balaban J connectivity index is 2.16. The van der Waals surface area contributed by atoms with Crippen molar-refractivity contribution in [2.45, 2.75) is 13.1 Å². The molecule has 5 heteroatoms. The maximum absolute atomic E-state index is 13.1. The van der Waals surface area contributed by atoms with E-state index in [1.165, 1.54) is 9.13 Å². The number of hydrogen-bond donors (Lipinski definition) is 0. The first-order valence-electron chi connectivity index (χ1n) is 7.91. The third kappa shape index (κ3) is 1.92. The molecule has 0 bridgehead atoms. The molecular weight excluding hydrogens is 328 g/mol. The lowest BCUT2D eigenvalue weighted by atomic mass is 9.83. The first kappa shape index (κ1) is 15.7. The fourth-order valence-electron chi connectivity index (χ4n) is 3.48. The molecule has 4 rings (SSSR count). The Morgan fingerprint density at radius 3 is 2.04 bits per heavy atom. The van der Waals surface area contributed by atoms with Crippen molar-refractivity contribution < 1.29 is 9.59 Å². The van der Waals surface area contributed by atoms with Crippen molar-refractivity contribution in [1.82, 2.24) is 9.13 Å². The number of nitrogens with zero attached hydrogens (tertiary/aromatic N) is 2. The van der Waals surface area contributed by atoms with Crippen molar-refractivity contribution in [1.29, 1.82) is 0 Å². The second kappa shape index (κ2) is 5.61. The van der Waals surface area contributed by atoms with Gasteiger partial charge in [0.2, 0.25) is 0 Å². The molecule has 124 valence electrons. The minimum Gasteiger partial charge on any atom is -0.289 e. The summed E-state index contributed by atoms with van der Waals surface area (Å²) >= 11 is 0. The van der Waals surface area contributed by atoms with Gasteiger partial charge in [0, 0.05) is 16.7 Å². The quantitative estimate of drug-likeness (QED) is 0.523. The predicted octanol–water partition coefficient (Wildman–Crippen LogP) is 1.84. The van der Waals surface area contributed by atoms with E-state index in [9.17, 15) is 14.4 Å². The van der Waals surface area contributed by atoms with E-state index in [-0.39, 0.29) is 35.8 Å². The molecule has 0 saturated carbocycles. The summed E-state index contributed by atoms with van der Waals surface area (Å²) in [5, 5.41) is 0. The van der Waals surface area contributed by atoms with E-state index in [1.54, 1.807) is 36.4 Å². The first-order chi connectivity index (χ1) is 12.6. The van der Waals surface area contributed by atoms with Gasteiger partial charge in [0.15, 0.2) is 11.6 Å². The fourth-order valence-corrected chi connectivity index (χ4v) is 3.48. The minimum absolute atomic E-state index is 0.0214. The van der Waals surface area contributed by atoms with Gasteiger partial charge in [-0.3, -0.25) is 18.7 Å². The van der Waals surface area contributed by atoms with E-state index < -0.39 is 5.69 Å². The number of imidazole rings is 1. The van der Waals surface area contributed by atoms with Gasteiger partial charge in [0.1, 0.15) is 0 Å². The number of fused-ring (bicyclic) bond motifs is 4. The van der Waals surface area contributed by atoms with Crippen LogP contribution < -0.4 is 5.69 Å². The van der Waals surface area contributed by atoms with E-state index in [1.807, 2.05) is 0 Å². The van der Waals surface area contributed by atoms with Gasteiger partial charge in [-0.05, 0) is 12.1 Å². The largest absolute Gasteiger partial charge is 0.330 e. The third-order valence-electron chi connectivity index (χ3n) is 4.57. The smallest absolute Gasteiger partial charge is 0.289 e. The highest BCUT2D eigenvalue weighted by molar-refractivity contribution is 6.31. The number of rotatable bonds is 2. The van der Waals surface area contributed by atoms with Crippen molar-refractivity contribution in [3.8, 4) is 24.7 Å². The lowest BCUT2D eigenvalue weighted by Gasteiger charge is -2.18. The number of carbonyl (C=O) groups is 2. The number of terminal acetylenes is 2. The maximum atomic E-state index is 13.1. The average Bonchev–Trinajstić information content (AvgIpc) is 2.92. The molecule has 0 N–H and O–H groups in total. The molecular formula is C21H12N2O3. The lowest BCUT2D eigenvalue weighted by Crippen LogP contribution is -2.25. The van der Waals surface area contributed by atoms with Gasteiger partial charge < -0.3 is 0 Å². The third-order valence-corrected chi connectivity index (χ3v) is 4.57. The molecule has 26 heavy (non-hydrogen) atoms. The number of hydrogen-bond acceptors (Lipinski definition) is 3. The maximum Gasteiger partial charge on any atom is 0.330 e. The molecule has 0 spiro atoms. The number of ketones is 2. The molecule has 1 aliphatic rings. The molecule has 0 atom stereocenters. The summed E-state index contributed by atoms with van der Waals surface area (Å²) in [7, 11) is 0. The summed E-state index contributed by atoms with van der Waals surface area (Å²) in [6, 6.07) is 9.86. The Labute approximate surface area is 148 Å². The summed E-state index contributed by atoms with van der Waals surface area (Å²) in [6.07, 6.45) is 10.8. The van der Waals surface area contributed by atoms with Crippen LogP contribution in [0.25, 0.3) is 11.0 Å². The second-order valence-electron chi connectivity index (χ2n) is 5.92. The van der Waals surface area contributed by atoms with Crippen LogP contribution in [0.5, 0.6) is 0 Å². The van der Waals surface area contributed by atoms with Crippen LogP contribution in [-0.2, 0) is 13.1 Å². The van der Waals surface area contributed by atoms with Crippen LogP contribution in [0.3, 0.4) is 0 Å². The highest BCUT2D eigenvalue weighted by atomic mass is 16.2. The monoisotopic (exact) mass is 340 g/mol. The summed E-state index contributed by atoms with van der Waals surface area (Å²) in [5.41, 5.74) is 1.60. The Morgan fingerprint density at radius 1 is 0.769 bits per heavy atom. The molecule has 3 aromatic rings. The molecule has 0 fully saturated rings. The van der Waals surface area contributed by atoms with Crippen LogP contribution in [0.1, 0.15) is 31.8 Å². The van der Waals surface area contributed by atoms with Crippen LogP contribution in [0.2, 0.25) is 0 Å². The minimum atomic E-state index is -0.400. The highest BCUT2D eigenvalue weighted by Gasteiger charge is 2.33. The summed E-state index contributed by atoms with van der Waals surface area (Å²) in [6.45, 7) is 0.0247. The Bertz CT molecular complexity index is 1260. The van der Waals surface area contributed by atoms with Crippen molar-refractivity contribution in [3.63, 3.8) is 0 Å². The standard InChI is InChI=1S/C21H12N2O3/c1-3-11-22-16-10-9-15-17(18(16)23(12-4-2)21(22)26)20(25)14-8-6-5-7-13(14)19(15)24/h1-2,5-10H,11-12H2. The molecule has 1 aliphatic carbocycles. The molecule has 0 amide bonds. The van der Waals surface area contributed by atoms with E-state index in [2.05, 4.69) is 11.8 Å². The Hall–Kier alpha value is -3.83. The predicted molar refractivity (Wildman–Crippen MR) is 97.2 cm³/mol. The zero-order valence-electron chi connectivity index (χ0n) is 13.7. The van der Waals surface area contributed by atoms with Crippen LogP contribution >= 0.6 is 0 Å². The van der Waals surface area contributed by atoms with Crippen molar-refractivity contribution in [2.24, 2.45) is 0 Å². The fraction of sp³-hybridized carbons (Fsp3) is 0.0952. The van der Waals surface area contributed by atoms with Gasteiger partial charge in [0.05, 0.1) is 29.7 Å². The Morgan fingerprint density at radius 2 is 1.38 bits per heavy atom. The SMILES string of the molecule is C#CCn1c(=O)n(CC#C)c2c3c(ccc21)C(=O)c1ccccc1C3=O. The van der Waals surface area contributed by atoms with Crippen LogP contribution in [0, 0.1) is 24.7 Å². The van der Waals surface area contributed by atoms with Crippen molar-refractivity contribution in [2.75, 3.05) is 0 Å². The van der Waals surface area contributed by atoms with Gasteiger partial charge >= 0.3 is 5.69 Å². The zero-order valence-corrected chi connectivity index (χ0v) is 13.7. The number of carbonyl (C=O) groups excluding carboxylic acids is 2. The molecule has 2 aromatic carbocycles. The van der Waals surface area contributed by atoms with Gasteiger partial charge in [0.25, 0.3) is 0 Å². The normalized spacial score (nSPS) is 12.4. The molecule has 0 aliphatic heterocycles. The van der Waals surface area contributed by atoms with E-state index in [0.29, 0.717) is 22.2 Å². The summed E-state index contributed by atoms with van der Waals surface area (Å²) < 4.78 is 2.70. The molecule has 1 heterocycles. The summed E-state index contributed by atoms with van der Waals surface area (Å²) in [4.78, 5) is 38.7. The lowest BCUT2D eigenvalue weighted by molar-refractivity contribution is 0.0980. The van der Waals surface area contributed by atoms with E-state index in [0.717, 1.165) is 0 Å². The topological polar surface area (TPSA) is 61.1 Å². The van der Waals surface area contributed by atoms with Gasteiger partial charge in [-0.15, -0.1) is 12.8 Å². The average molecular weight is 340 g/mol. The second-order valence-corrected chi connectivity index (χ2v) is 5.92. The summed E-state index contributed by atoms with van der Waals surface area (Å²) in [5.74, 6) is 4.31. The van der Waals surface area contributed by atoms with E-state index in [4.69, 9.17) is 12.8 Å². The van der Waals surface area contributed by atoms with Gasteiger partial charge in [-0.25, -0.2) is 4.79 Å². The first-order valence-corrected chi connectivity index (χ1v) is 7.91. The van der Waals surface area contributed by atoms with Gasteiger partial charge in [-0.1, -0.05) is 36.1 Å². The van der Waals surface area contributed by atoms with Crippen molar-refractivity contribution in [3.05, 3.63) is 69.1 Å². The van der Waals surface area contributed by atoms with Crippen LogP contribution in [0.4, 0.5) is 0 Å². The molecule has 5 nitrogen and oxygen atoms in total. The zero-order chi connectivity index (χ0) is 18.4. The van der Waals surface area contributed by atoms with Crippen LogP contribution in [0.15, 0.2) is 41.2 Å². The van der Waals surface area contributed by atoms with E-state index >= 15 is 0 Å². The number of aromatic nitrogens is 2.